The number of benzene rings is 2. The van der Waals surface area contributed by atoms with Crippen molar-refractivity contribution in [2.24, 2.45) is 11.8 Å². The van der Waals surface area contributed by atoms with Gasteiger partial charge in [-0.25, -0.2) is 0 Å². The summed E-state index contributed by atoms with van der Waals surface area (Å²) < 4.78 is 6.95. The monoisotopic (exact) mass is 352 g/mol. The van der Waals surface area contributed by atoms with Gasteiger partial charge in [0.1, 0.15) is 0 Å². The van der Waals surface area contributed by atoms with Gasteiger partial charge in [0.05, 0.1) is 0 Å². The Labute approximate surface area is 154 Å². The molecular weight excluding hydrogens is 320 g/mol. The van der Waals surface area contributed by atoms with Crippen molar-refractivity contribution >= 4 is 18.7 Å². The third-order valence-corrected chi connectivity index (χ3v) is 10.1. The van der Waals surface area contributed by atoms with Crippen LogP contribution in [0.4, 0.5) is 0 Å². The average Bonchev–Trinajstić information content (AvgIpc) is 2.59. The van der Waals surface area contributed by atoms with Crippen LogP contribution in [0.15, 0.2) is 73.3 Å². The molecule has 1 atom stereocenters. The van der Waals surface area contributed by atoms with Crippen molar-refractivity contribution in [2.75, 3.05) is 6.61 Å². The first kappa shape index (κ1) is 19.7. The normalized spacial score (nSPS) is 13.7. The van der Waals surface area contributed by atoms with Gasteiger partial charge in [0.2, 0.25) is 0 Å². The quantitative estimate of drug-likeness (QED) is 0.502. The zero-order chi connectivity index (χ0) is 18.5. The lowest BCUT2D eigenvalue weighted by Gasteiger charge is -2.43. The summed E-state index contributed by atoms with van der Waals surface area (Å²) >= 11 is 0. The third kappa shape index (κ3) is 4.13. The molecule has 0 N–H and O–H groups in total. The fraction of sp³-hybridized carbons (Fsp3) is 0.391. The molecule has 0 aromatic heterocycles. The van der Waals surface area contributed by atoms with Crippen LogP contribution < -0.4 is 10.4 Å². The summed E-state index contributed by atoms with van der Waals surface area (Å²) in [6.07, 6.45) is 2.04. The first-order valence-corrected chi connectivity index (χ1v) is 11.1. The van der Waals surface area contributed by atoms with Crippen molar-refractivity contribution in [3.05, 3.63) is 73.3 Å². The molecule has 0 saturated carbocycles. The highest BCUT2D eigenvalue weighted by Crippen LogP contribution is 2.37. The Balaban J connectivity index is 2.58. The lowest BCUT2D eigenvalue weighted by Crippen LogP contribution is -2.67. The largest absolute Gasteiger partial charge is 0.407 e. The highest BCUT2D eigenvalue weighted by molar-refractivity contribution is 6.99. The Kier molecular flexibility index (Phi) is 6.42. The van der Waals surface area contributed by atoms with Gasteiger partial charge in [0.25, 0.3) is 8.32 Å². The van der Waals surface area contributed by atoms with Gasteiger partial charge in [0, 0.05) is 12.5 Å². The molecule has 0 saturated heterocycles. The standard InChI is InChI=1S/C23H32OSi/c1-7-20(19(2)3)18-24-25(23(4,5)6,21-14-10-8-11-15-21)22-16-12-9-13-17-22/h7-17,19-20H,1,18H2,2-6H3/t20-/m0/s1. The van der Waals surface area contributed by atoms with Crippen LogP contribution in [0, 0.1) is 11.8 Å². The Morgan fingerprint density at radius 1 is 0.920 bits per heavy atom. The summed E-state index contributed by atoms with van der Waals surface area (Å²) in [6.45, 7) is 16.2. The summed E-state index contributed by atoms with van der Waals surface area (Å²) in [7, 11) is -2.42. The predicted molar refractivity (Wildman–Crippen MR) is 112 cm³/mol. The Hall–Kier alpha value is -1.64. The second kappa shape index (κ2) is 8.16. The summed E-state index contributed by atoms with van der Waals surface area (Å²) in [6, 6.07) is 21.6. The lowest BCUT2D eigenvalue weighted by molar-refractivity contribution is 0.229. The first-order chi connectivity index (χ1) is 11.8. The molecule has 25 heavy (non-hydrogen) atoms. The van der Waals surface area contributed by atoms with Gasteiger partial charge in [-0.1, -0.05) is 101 Å². The van der Waals surface area contributed by atoms with Crippen LogP contribution in [-0.2, 0) is 4.43 Å². The van der Waals surface area contributed by atoms with Crippen molar-refractivity contribution in [3.63, 3.8) is 0 Å². The predicted octanol–water partition coefficient (Wildman–Crippen LogP) is 5.02. The highest BCUT2D eigenvalue weighted by atomic mass is 28.4. The molecule has 2 aromatic carbocycles. The van der Waals surface area contributed by atoms with Crippen LogP contribution in [0.1, 0.15) is 34.6 Å². The highest BCUT2D eigenvalue weighted by Gasteiger charge is 2.50. The van der Waals surface area contributed by atoms with Crippen molar-refractivity contribution in [3.8, 4) is 0 Å². The average molecular weight is 353 g/mol. The van der Waals surface area contributed by atoms with Gasteiger partial charge < -0.3 is 4.43 Å². The Morgan fingerprint density at radius 3 is 1.68 bits per heavy atom. The maximum absolute atomic E-state index is 6.95. The van der Waals surface area contributed by atoms with Crippen molar-refractivity contribution < 1.29 is 4.43 Å². The van der Waals surface area contributed by atoms with Crippen LogP contribution >= 0.6 is 0 Å². The molecule has 0 aliphatic rings. The van der Waals surface area contributed by atoms with Crippen LogP contribution in [0.25, 0.3) is 0 Å². The van der Waals surface area contributed by atoms with Gasteiger partial charge in [-0.15, -0.1) is 6.58 Å². The van der Waals surface area contributed by atoms with E-state index in [1.165, 1.54) is 10.4 Å². The Morgan fingerprint density at radius 2 is 1.36 bits per heavy atom. The van der Waals surface area contributed by atoms with E-state index >= 15 is 0 Å². The van der Waals surface area contributed by atoms with Gasteiger partial charge in [-0.2, -0.15) is 0 Å². The fourth-order valence-corrected chi connectivity index (χ4v) is 8.11. The topological polar surface area (TPSA) is 9.23 Å². The molecular formula is C23H32OSi. The smallest absolute Gasteiger partial charge is 0.261 e. The van der Waals surface area contributed by atoms with Crippen molar-refractivity contribution in [2.45, 2.75) is 39.7 Å². The summed E-state index contributed by atoms with van der Waals surface area (Å²) in [4.78, 5) is 0. The second-order valence-electron chi connectivity index (χ2n) is 8.12. The molecule has 1 nitrogen and oxygen atoms in total. The van der Waals surface area contributed by atoms with E-state index < -0.39 is 8.32 Å². The Bertz CT molecular complexity index is 616. The van der Waals surface area contributed by atoms with E-state index in [2.05, 4.69) is 102 Å². The van der Waals surface area contributed by atoms with Gasteiger partial charge >= 0.3 is 0 Å². The van der Waals surface area contributed by atoms with E-state index in [1.807, 2.05) is 6.08 Å². The molecule has 2 rings (SSSR count). The van der Waals surface area contributed by atoms with E-state index in [-0.39, 0.29) is 5.04 Å². The molecule has 2 heteroatoms. The minimum atomic E-state index is -2.42. The maximum atomic E-state index is 6.95. The van der Waals surface area contributed by atoms with Crippen LogP contribution in [0.3, 0.4) is 0 Å². The molecule has 0 amide bonds. The minimum Gasteiger partial charge on any atom is -0.407 e. The van der Waals surface area contributed by atoms with Crippen LogP contribution in [-0.4, -0.2) is 14.9 Å². The van der Waals surface area contributed by atoms with Crippen molar-refractivity contribution in [1.82, 2.24) is 0 Å². The minimum absolute atomic E-state index is 0.0262. The van der Waals surface area contributed by atoms with Crippen LogP contribution in [0.5, 0.6) is 0 Å². The van der Waals surface area contributed by atoms with E-state index in [0.29, 0.717) is 18.4 Å². The number of rotatable bonds is 7. The first-order valence-electron chi connectivity index (χ1n) is 9.20. The molecule has 0 heterocycles. The zero-order valence-corrected chi connectivity index (χ0v) is 17.3. The molecule has 0 spiro atoms. The van der Waals surface area contributed by atoms with E-state index in [9.17, 15) is 0 Å². The second-order valence-corrected chi connectivity index (χ2v) is 12.4. The molecule has 0 unspecified atom stereocenters. The summed E-state index contributed by atoms with van der Waals surface area (Å²) in [5, 5.41) is 2.69. The molecule has 0 fully saturated rings. The van der Waals surface area contributed by atoms with E-state index in [4.69, 9.17) is 4.43 Å². The molecule has 0 radical (unpaired) electrons. The van der Waals surface area contributed by atoms with Gasteiger partial charge in [0.15, 0.2) is 0 Å². The zero-order valence-electron chi connectivity index (χ0n) is 16.3. The molecule has 0 bridgehead atoms. The molecule has 0 aliphatic heterocycles. The number of hydrogen-bond donors (Lipinski definition) is 0. The summed E-state index contributed by atoms with van der Waals surface area (Å²) in [5.74, 6) is 0.886. The van der Waals surface area contributed by atoms with Gasteiger partial charge in [-0.3, -0.25) is 0 Å². The third-order valence-electron chi connectivity index (χ3n) is 5.07. The van der Waals surface area contributed by atoms with Gasteiger partial charge in [-0.05, 0) is 21.3 Å². The van der Waals surface area contributed by atoms with E-state index in [1.54, 1.807) is 0 Å². The summed E-state index contributed by atoms with van der Waals surface area (Å²) in [5.41, 5.74) is 0. The fourth-order valence-electron chi connectivity index (χ4n) is 3.52. The molecule has 0 aliphatic carbocycles. The number of hydrogen-bond acceptors (Lipinski definition) is 1. The lowest BCUT2D eigenvalue weighted by atomic mass is 9.97. The van der Waals surface area contributed by atoms with Crippen LogP contribution in [0.2, 0.25) is 5.04 Å². The van der Waals surface area contributed by atoms with E-state index in [0.717, 1.165) is 0 Å². The maximum Gasteiger partial charge on any atom is 0.261 e. The van der Waals surface area contributed by atoms with Crippen molar-refractivity contribution in [1.29, 1.82) is 0 Å². The molecule has 134 valence electrons. The SMILES string of the molecule is C=C[C@@H](CO[Si](c1ccccc1)(c1ccccc1)C(C)(C)C)C(C)C. The molecule has 2 aromatic rings.